The number of hydrogen-bond acceptors (Lipinski definition) is 2. The van der Waals surface area contributed by atoms with E-state index in [0.717, 1.165) is 65.3 Å². The highest BCUT2D eigenvalue weighted by molar-refractivity contribution is 6.30. The van der Waals surface area contributed by atoms with Gasteiger partial charge in [-0.1, -0.05) is 53.6 Å². The Hall–Kier alpha value is -3.96. The van der Waals surface area contributed by atoms with E-state index in [1.807, 2.05) is 48.5 Å². The van der Waals surface area contributed by atoms with Gasteiger partial charge in [-0.15, -0.1) is 0 Å². The van der Waals surface area contributed by atoms with Gasteiger partial charge < -0.3 is 14.6 Å². The van der Waals surface area contributed by atoms with Crippen molar-refractivity contribution in [3.05, 3.63) is 101 Å². The summed E-state index contributed by atoms with van der Waals surface area (Å²) in [5.41, 5.74) is 9.12. The summed E-state index contributed by atoms with van der Waals surface area (Å²) in [5.74, 6) is 0.596. The monoisotopic (exact) mass is 509 g/mol. The van der Waals surface area contributed by atoms with Crippen LogP contribution in [0.25, 0.3) is 28.0 Å². The summed E-state index contributed by atoms with van der Waals surface area (Å²) in [6.07, 6.45) is 5.19. The lowest BCUT2D eigenvalue weighted by Crippen LogP contribution is -2.15. The average Bonchev–Trinajstić information content (AvgIpc) is 3.33. The Morgan fingerprint density at radius 3 is 2.32 bits per heavy atom. The molecule has 1 aliphatic rings. The van der Waals surface area contributed by atoms with Gasteiger partial charge in [0.2, 0.25) is 0 Å². The molecular formula is C31H28ClN3O2. The Balaban J connectivity index is 1.57. The van der Waals surface area contributed by atoms with Crippen LogP contribution in [0.3, 0.4) is 0 Å². The van der Waals surface area contributed by atoms with Crippen LogP contribution < -0.4 is 10.1 Å². The van der Waals surface area contributed by atoms with Gasteiger partial charge in [0.25, 0.3) is 5.91 Å². The molecule has 2 aromatic heterocycles. The Bertz CT molecular complexity index is 1590. The lowest BCUT2D eigenvalue weighted by atomic mass is 9.97. The molecule has 0 bridgehead atoms. The second-order valence-electron chi connectivity index (χ2n) is 9.57. The van der Waals surface area contributed by atoms with Gasteiger partial charge in [0.1, 0.15) is 17.1 Å². The highest BCUT2D eigenvalue weighted by atomic mass is 35.5. The summed E-state index contributed by atoms with van der Waals surface area (Å²) in [6, 6.07) is 23.8. The van der Waals surface area contributed by atoms with Crippen LogP contribution in [-0.4, -0.2) is 22.0 Å². The molecule has 0 unspecified atom stereocenters. The first-order valence-electron chi connectivity index (χ1n) is 12.6. The number of methoxy groups -OCH3 is 1. The number of aryl methyl sites for hydroxylation is 3. The van der Waals surface area contributed by atoms with Gasteiger partial charge in [-0.25, -0.2) is 0 Å². The lowest BCUT2D eigenvalue weighted by molar-refractivity contribution is 0.102. The molecule has 0 fully saturated rings. The number of nitrogens with one attached hydrogen (secondary N) is 1. The molecule has 3 aromatic carbocycles. The van der Waals surface area contributed by atoms with E-state index < -0.39 is 0 Å². The predicted molar refractivity (Wildman–Crippen MR) is 150 cm³/mol. The number of carbonyl (C=O) groups is 1. The summed E-state index contributed by atoms with van der Waals surface area (Å²) < 4.78 is 9.76. The van der Waals surface area contributed by atoms with E-state index in [1.165, 1.54) is 11.1 Å². The van der Waals surface area contributed by atoms with E-state index in [9.17, 15) is 4.79 Å². The molecule has 1 amide bonds. The van der Waals surface area contributed by atoms with Crippen LogP contribution in [0, 0.1) is 6.92 Å². The van der Waals surface area contributed by atoms with Gasteiger partial charge in [-0.3, -0.25) is 9.20 Å². The maximum absolute atomic E-state index is 14.0. The van der Waals surface area contributed by atoms with Crippen LogP contribution in [0.5, 0.6) is 5.75 Å². The van der Waals surface area contributed by atoms with Crippen LogP contribution >= 0.6 is 11.6 Å². The number of carbonyl (C=O) groups excluding carboxylic acids is 1. The molecule has 1 aliphatic heterocycles. The molecule has 0 saturated heterocycles. The maximum atomic E-state index is 14.0. The first-order valence-corrected chi connectivity index (χ1v) is 13.0. The minimum Gasteiger partial charge on any atom is -0.497 e. The zero-order valence-corrected chi connectivity index (χ0v) is 21.7. The van der Waals surface area contributed by atoms with Gasteiger partial charge in [-0.05, 0) is 73.7 Å². The number of halogens is 1. The maximum Gasteiger partial charge on any atom is 0.273 e. The van der Waals surface area contributed by atoms with Crippen LogP contribution in [0.2, 0.25) is 5.02 Å². The van der Waals surface area contributed by atoms with E-state index in [-0.39, 0.29) is 5.91 Å². The summed E-state index contributed by atoms with van der Waals surface area (Å²) >= 11 is 6.23. The summed E-state index contributed by atoms with van der Waals surface area (Å²) in [5, 5.41) is 3.80. The molecule has 0 aliphatic carbocycles. The third kappa shape index (κ3) is 4.19. The van der Waals surface area contributed by atoms with Crippen molar-refractivity contribution >= 4 is 28.8 Å². The standard InChI is InChI=1S/C31H28ClN3O2/c1-20-6-8-21(9-7-20)27-19-35-29(30(36)33-24-14-16-25(37-2)17-15-24)28(22-10-12-23(32)13-11-22)26-5-3-4-18-34(27)31(26)35/h6-17,19H,3-5,18H2,1-2H3,(H,33,36). The van der Waals surface area contributed by atoms with Gasteiger partial charge in [0, 0.05) is 34.6 Å². The topological polar surface area (TPSA) is 47.7 Å². The van der Waals surface area contributed by atoms with E-state index in [2.05, 4.69) is 51.7 Å². The molecule has 0 radical (unpaired) electrons. The molecule has 0 saturated carbocycles. The zero-order chi connectivity index (χ0) is 25.5. The first-order chi connectivity index (χ1) is 18.0. The van der Waals surface area contributed by atoms with Crippen molar-refractivity contribution < 1.29 is 9.53 Å². The van der Waals surface area contributed by atoms with Crippen molar-refractivity contribution in [2.24, 2.45) is 0 Å². The van der Waals surface area contributed by atoms with Crippen LogP contribution in [0.15, 0.2) is 79.0 Å². The minimum absolute atomic E-state index is 0.149. The number of ether oxygens (including phenoxy) is 1. The quantitative estimate of drug-likeness (QED) is 0.264. The molecule has 0 spiro atoms. The summed E-state index contributed by atoms with van der Waals surface area (Å²) in [7, 11) is 1.63. The minimum atomic E-state index is -0.149. The second kappa shape index (κ2) is 9.49. The molecular weight excluding hydrogens is 482 g/mol. The summed E-state index contributed by atoms with van der Waals surface area (Å²) in [6.45, 7) is 3.01. The predicted octanol–water partition coefficient (Wildman–Crippen LogP) is 7.63. The molecule has 5 aromatic rings. The van der Waals surface area contributed by atoms with E-state index in [0.29, 0.717) is 10.7 Å². The smallest absolute Gasteiger partial charge is 0.273 e. The number of aromatic nitrogens is 2. The molecule has 5 nitrogen and oxygen atoms in total. The normalized spacial score (nSPS) is 12.9. The number of hydrogen-bond donors (Lipinski definition) is 1. The van der Waals surface area contributed by atoms with Crippen molar-refractivity contribution in [1.82, 2.24) is 8.97 Å². The molecule has 37 heavy (non-hydrogen) atoms. The summed E-state index contributed by atoms with van der Waals surface area (Å²) in [4.78, 5) is 14.0. The number of amides is 1. The van der Waals surface area contributed by atoms with Gasteiger partial charge >= 0.3 is 0 Å². The SMILES string of the molecule is COc1ccc(NC(=O)c2c(-c3ccc(Cl)cc3)c3c4n(c(-c5ccc(C)cc5)cn24)CCCC3)cc1. The molecule has 6 rings (SSSR count). The molecule has 1 N–H and O–H groups in total. The Morgan fingerprint density at radius 2 is 1.62 bits per heavy atom. The number of anilines is 1. The van der Waals surface area contributed by atoms with Crippen molar-refractivity contribution in [2.45, 2.75) is 32.7 Å². The number of nitrogens with zero attached hydrogens (tertiary/aromatic N) is 2. The Morgan fingerprint density at radius 1 is 0.919 bits per heavy atom. The zero-order valence-electron chi connectivity index (χ0n) is 20.9. The Labute approximate surface area is 221 Å². The van der Waals surface area contributed by atoms with E-state index in [1.54, 1.807) is 7.11 Å². The third-order valence-electron chi connectivity index (χ3n) is 7.18. The van der Waals surface area contributed by atoms with Crippen LogP contribution in [-0.2, 0) is 13.0 Å². The van der Waals surface area contributed by atoms with E-state index >= 15 is 0 Å². The van der Waals surface area contributed by atoms with Crippen molar-refractivity contribution in [3.8, 4) is 28.1 Å². The lowest BCUT2D eigenvalue weighted by Gasteiger charge is -2.11. The Kier molecular flexibility index (Phi) is 6.01. The number of imidazole rings is 1. The highest BCUT2D eigenvalue weighted by Crippen LogP contribution is 2.40. The first kappa shape index (κ1) is 23.4. The fourth-order valence-electron chi connectivity index (χ4n) is 5.36. The molecule has 3 heterocycles. The van der Waals surface area contributed by atoms with Crippen molar-refractivity contribution in [3.63, 3.8) is 0 Å². The van der Waals surface area contributed by atoms with Gasteiger partial charge in [0.15, 0.2) is 0 Å². The average molecular weight is 510 g/mol. The molecule has 0 atom stereocenters. The fraction of sp³-hybridized carbons (Fsp3) is 0.194. The molecule has 186 valence electrons. The van der Waals surface area contributed by atoms with Gasteiger partial charge in [-0.2, -0.15) is 0 Å². The van der Waals surface area contributed by atoms with E-state index in [4.69, 9.17) is 16.3 Å². The van der Waals surface area contributed by atoms with Crippen molar-refractivity contribution in [2.75, 3.05) is 12.4 Å². The number of rotatable bonds is 5. The van der Waals surface area contributed by atoms with Crippen LogP contribution in [0.4, 0.5) is 5.69 Å². The molecule has 6 heteroatoms. The second-order valence-corrected chi connectivity index (χ2v) is 10.0. The largest absolute Gasteiger partial charge is 0.497 e. The van der Waals surface area contributed by atoms with Crippen LogP contribution in [0.1, 0.15) is 34.5 Å². The van der Waals surface area contributed by atoms with Gasteiger partial charge in [0.05, 0.1) is 12.8 Å². The number of benzene rings is 3. The fourth-order valence-corrected chi connectivity index (χ4v) is 5.48. The third-order valence-corrected chi connectivity index (χ3v) is 7.43. The van der Waals surface area contributed by atoms with Crippen molar-refractivity contribution in [1.29, 1.82) is 0 Å². The highest BCUT2D eigenvalue weighted by Gasteiger charge is 2.29.